The normalized spacial score (nSPS) is 14.4. The minimum atomic E-state index is 0.490. The first-order valence-corrected chi connectivity index (χ1v) is 5.56. The monoisotopic (exact) mass is 242 g/mol. The van der Waals surface area contributed by atoms with Crippen molar-refractivity contribution in [2.75, 3.05) is 0 Å². The molecule has 1 aromatic carbocycles. The van der Waals surface area contributed by atoms with Gasteiger partial charge in [0.05, 0.1) is 6.10 Å². The van der Waals surface area contributed by atoms with E-state index >= 15 is 0 Å². The Balaban J connectivity index is 0.000000396. The summed E-state index contributed by atoms with van der Waals surface area (Å²) in [6.07, 6.45) is 2.92. The summed E-state index contributed by atoms with van der Waals surface area (Å²) in [7, 11) is 0. The average Bonchev–Trinajstić information content (AvgIpc) is 2.92. The summed E-state index contributed by atoms with van der Waals surface area (Å²) in [6, 6.07) is 7.98. The second-order valence-corrected chi connectivity index (χ2v) is 3.69. The third kappa shape index (κ3) is 3.81. The topological polar surface area (TPSA) is 9.23 Å². The number of rotatable bonds is 2. The van der Waals surface area contributed by atoms with Gasteiger partial charge >= 0.3 is 0 Å². The number of ether oxygens (including phenoxy) is 1. The molecular formula is C11H15BrO. The van der Waals surface area contributed by atoms with Gasteiger partial charge in [0.15, 0.2) is 0 Å². The smallest absolute Gasteiger partial charge is 0.120 e. The lowest BCUT2D eigenvalue weighted by Gasteiger charge is -2.02. The van der Waals surface area contributed by atoms with E-state index in [1.807, 2.05) is 38.1 Å². The second-order valence-electron chi connectivity index (χ2n) is 2.77. The number of halogens is 1. The van der Waals surface area contributed by atoms with Crippen LogP contribution in [0.5, 0.6) is 5.75 Å². The molecule has 1 aromatic rings. The van der Waals surface area contributed by atoms with Crippen LogP contribution in [0.15, 0.2) is 28.7 Å². The predicted molar refractivity (Wildman–Crippen MR) is 59.1 cm³/mol. The van der Waals surface area contributed by atoms with Crippen LogP contribution in [0.2, 0.25) is 0 Å². The Morgan fingerprint density at radius 2 is 2.00 bits per heavy atom. The van der Waals surface area contributed by atoms with Crippen molar-refractivity contribution in [1.29, 1.82) is 0 Å². The first-order valence-electron chi connectivity index (χ1n) is 4.77. The Bertz CT molecular complexity index is 256. The van der Waals surface area contributed by atoms with Crippen LogP contribution < -0.4 is 4.74 Å². The van der Waals surface area contributed by atoms with Crippen LogP contribution in [0.3, 0.4) is 0 Å². The zero-order chi connectivity index (χ0) is 9.68. The predicted octanol–water partition coefficient (Wildman–Crippen LogP) is 4.02. The fourth-order valence-corrected chi connectivity index (χ4v) is 1.30. The molecule has 0 spiro atoms. The van der Waals surface area contributed by atoms with E-state index < -0.39 is 0 Å². The Morgan fingerprint density at radius 1 is 1.31 bits per heavy atom. The molecule has 0 heterocycles. The SMILES string of the molecule is Brc1cccc(OC2CC2)c1.CC. The maximum Gasteiger partial charge on any atom is 0.120 e. The van der Waals surface area contributed by atoms with Gasteiger partial charge in [0.2, 0.25) is 0 Å². The van der Waals surface area contributed by atoms with E-state index in [0.29, 0.717) is 6.10 Å². The minimum absolute atomic E-state index is 0.490. The van der Waals surface area contributed by atoms with Gasteiger partial charge in [-0.3, -0.25) is 0 Å². The van der Waals surface area contributed by atoms with E-state index in [0.717, 1.165) is 10.2 Å². The molecule has 0 aliphatic heterocycles. The van der Waals surface area contributed by atoms with E-state index in [4.69, 9.17) is 4.74 Å². The van der Waals surface area contributed by atoms with Gasteiger partial charge in [0, 0.05) is 4.47 Å². The lowest BCUT2D eigenvalue weighted by Crippen LogP contribution is -1.94. The zero-order valence-electron chi connectivity index (χ0n) is 8.09. The maximum atomic E-state index is 5.58. The standard InChI is InChI=1S/C9H9BrO.C2H6/c10-7-2-1-3-9(6-7)11-8-4-5-8;1-2/h1-3,6,8H,4-5H2;1-2H3. The number of hydrogen-bond acceptors (Lipinski definition) is 1. The molecule has 1 fully saturated rings. The number of hydrogen-bond donors (Lipinski definition) is 0. The third-order valence-corrected chi connectivity index (χ3v) is 2.12. The Morgan fingerprint density at radius 3 is 2.54 bits per heavy atom. The molecule has 1 saturated carbocycles. The van der Waals surface area contributed by atoms with Crippen molar-refractivity contribution in [3.8, 4) is 5.75 Å². The van der Waals surface area contributed by atoms with Crippen LogP contribution in [-0.2, 0) is 0 Å². The molecule has 1 nitrogen and oxygen atoms in total. The van der Waals surface area contributed by atoms with E-state index in [2.05, 4.69) is 15.9 Å². The molecule has 1 aliphatic rings. The second kappa shape index (κ2) is 5.28. The van der Waals surface area contributed by atoms with E-state index in [1.54, 1.807) is 0 Å². The van der Waals surface area contributed by atoms with E-state index in [1.165, 1.54) is 12.8 Å². The summed E-state index contributed by atoms with van der Waals surface area (Å²) in [6.45, 7) is 4.00. The molecular weight excluding hydrogens is 228 g/mol. The van der Waals surface area contributed by atoms with Crippen molar-refractivity contribution in [3.05, 3.63) is 28.7 Å². The van der Waals surface area contributed by atoms with Gasteiger partial charge in [0.1, 0.15) is 5.75 Å². The first-order chi connectivity index (χ1) is 6.34. The molecule has 0 atom stereocenters. The maximum absolute atomic E-state index is 5.58. The number of benzene rings is 1. The molecule has 13 heavy (non-hydrogen) atoms. The quantitative estimate of drug-likeness (QED) is 0.762. The van der Waals surface area contributed by atoms with Crippen molar-refractivity contribution in [3.63, 3.8) is 0 Å². The first kappa shape index (κ1) is 10.6. The van der Waals surface area contributed by atoms with Gasteiger partial charge in [-0.1, -0.05) is 35.8 Å². The molecule has 72 valence electrons. The van der Waals surface area contributed by atoms with Crippen LogP contribution in [0.4, 0.5) is 0 Å². The molecule has 2 heteroatoms. The molecule has 0 amide bonds. The molecule has 2 rings (SSSR count). The van der Waals surface area contributed by atoms with Gasteiger partial charge < -0.3 is 4.74 Å². The summed E-state index contributed by atoms with van der Waals surface area (Å²) < 4.78 is 6.66. The molecule has 0 unspecified atom stereocenters. The molecule has 0 bridgehead atoms. The highest BCUT2D eigenvalue weighted by Crippen LogP contribution is 2.27. The fourth-order valence-electron chi connectivity index (χ4n) is 0.919. The molecule has 0 aromatic heterocycles. The Kier molecular flexibility index (Phi) is 4.29. The highest BCUT2D eigenvalue weighted by atomic mass is 79.9. The van der Waals surface area contributed by atoms with Crippen LogP contribution in [-0.4, -0.2) is 6.10 Å². The summed E-state index contributed by atoms with van der Waals surface area (Å²) >= 11 is 3.39. The molecule has 0 saturated heterocycles. The van der Waals surface area contributed by atoms with Crippen LogP contribution >= 0.6 is 15.9 Å². The Labute approximate surface area is 88.2 Å². The summed E-state index contributed by atoms with van der Waals surface area (Å²) in [5.74, 6) is 0.974. The fraction of sp³-hybridized carbons (Fsp3) is 0.455. The lowest BCUT2D eigenvalue weighted by atomic mass is 10.3. The lowest BCUT2D eigenvalue weighted by molar-refractivity contribution is 0.303. The van der Waals surface area contributed by atoms with E-state index in [9.17, 15) is 0 Å². The zero-order valence-corrected chi connectivity index (χ0v) is 9.67. The minimum Gasteiger partial charge on any atom is -0.490 e. The van der Waals surface area contributed by atoms with Gasteiger partial charge in [-0.05, 0) is 31.0 Å². The van der Waals surface area contributed by atoms with Crippen molar-refractivity contribution in [2.45, 2.75) is 32.8 Å². The van der Waals surface area contributed by atoms with Crippen LogP contribution in [0.25, 0.3) is 0 Å². The van der Waals surface area contributed by atoms with Gasteiger partial charge in [-0.2, -0.15) is 0 Å². The van der Waals surface area contributed by atoms with Crippen molar-refractivity contribution < 1.29 is 4.74 Å². The average molecular weight is 243 g/mol. The van der Waals surface area contributed by atoms with Crippen LogP contribution in [0, 0.1) is 0 Å². The van der Waals surface area contributed by atoms with Crippen molar-refractivity contribution in [2.24, 2.45) is 0 Å². The molecule has 0 N–H and O–H groups in total. The molecule has 1 aliphatic carbocycles. The third-order valence-electron chi connectivity index (χ3n) is 1.62. The summed E-state index contributed by atoms with van der Waals surface area (Å²) in [5.41, 5.74) is 0. The highest BCUT2D eigenvalue weighted by Gasteiger charge is 2.23. The Hall–Kier alpha value is -0.500. The van der Waals surface area contributed by atoms with Crippen molar-refractivity contribution in [1.82, 2.24) is 0 Å². The highest BCUT2D eigenvalue weighted by molar-refractivity contribution is 9.10. The molecule has 0 radical (unpaired) electrons. The van der Waals surface area contributed by atoms with E-state index in [-0.39, 0.29) is 0 Å². The summed E-state index contributed by atoms with van der Waals surface area (Å²) in [4.78, 5) is 0. The van der Waals surface area contributed by atoms with Gasteiger partial charge in [-0.25, -0.2) is 0 Å². The largest absolute Gasteiger partial charge is 0.490 e. The van der Waals surface area contributed by atoms with Gasteiger partial charge in [-0.15, -0.1) is 0 Å². The van der Waals surface area contributed by atoms with Crippen LogP contribution in [0.1, 0.15) is 26.7 Å². The summed E-state index contributed by atoms with van der Waals surface area (Å²) in [5, 5.41) is 0. The van der Waals surface area contributed by atoms with Gasteiger partial charge in [0.25, 0.3) is 0 Å². The van der Waals surface area contributed by atoms with Crippen molar-refractivity contribution >= 4 is 15.9 Å².